The van der Waals surface area contributed by atoms with Crippen molar-refractivity contribution in [3.63, 3.8) is 0 Å². The molecule has 0 saturated heterocycles. The van der Waals surface area contributed by atoms with E-state index < -0.39 is 0 Å². The van der Waals surface area contributed by atoms with Gasteiger partial charge in [0.25, 0.3) is 0 Å². The van der Waals surface area contributed by atoms with Crippen LogP contribution in [0.3, 0.4) is 0 Å². The van der Waals surface area contributed by atoms with E-state index in [2.05, 4.69) is 96.2 Å². The summed E-state index contributed by atoms with van der Waals surface area (Å²) in [4.78, 5) is 10.3. The van der Waals surface area contributed by atoms with Crippen LogP contribution in [-0.2, 0) is 17.6 Å². The number of allylic oxidation sites excluding steroid dienone is 4. The van der Waals surface area contributed by atoms with Gasteiger partial charge in [-0.25, -0.2) is 9.97 Å². The Labute approximate surface area is 237 Å². The van der Waals surface area contributed by atoms with Gasteiger partial charge < -0.3 is 9.30 Å². The molecule has 210 valence electrons. The summed E-state index contributed by atoms with van der Waals surface area (Å²) in [6.07, 6.45) is 10.8. The molecule has 0 fully saturated rings. The Morgan fingerprint density at radius 2 is 1.98 bits per heavy atom. The Hall–Kier alpha value is -3.65. The number of nitrogens with zero attached hydrogens (tertiary/aromatic N) is 6. The van der Waals surface area contributed by atoms with Gasteiger partial charge in [-0.2, -0.15) is 5.21 Å². The van der Waals surface area contributed by atoms with Gasteiger partial charge >= 0.3 is 0 Å². The maximum atomic E-state index is 5.49. The van der Waals surface area contributed by atoms with Crippen LogP contribution in [0.4, 0.5) is 0 Å². The van der Waals surface area contributed by atoms with Crippen LogP contribution in [0.5, 0.6) is 0 Å². The summed E-state index contributed by atoms with van der Waals surface area (Å²) < 4.78 is 7.93. The molecule has 4 aromatic rings. The molecule has 5 rings (SSSR count). The summed E-state index contributed by atoms with van der Waals surface area (Å²) in [7, 11) is 1.77. The van der Waals surface area contributed by atoms with E-state index in [0.717, 1.165) is 66.8 Å². The van der Waals surface area contributed by atoms with E-state index in [1.807, 2.05) is 6.07 Å². The van der Waals surface area contributed by atoms with Crippen LogP contribution in [0, 0.1) is 6.92 Å². The number of hydrogen-bond donors (Lipinski definition) is 1. The smallest absolute Gasteiger partial charge is 0.204 e. The second kappa shape index (κ2) is 12.3. The van der Waals surface area contributed by atoms with Crippen LogP contribution < -0.4 is 0 Å². The van der Waals surface area contributed by atoms with Crippen LogP contribution in [-0.4, -0.2) is 48.4 Å². The predicted octanol–water partition coefficient (Wildman–Crippen LogP) is 6.85. The minimum atomic E-state index is 0.182. The number of H-pyrrole nitrogens is 1. The molecule has 0 spiro atoms. The average molecular weight is 540 g/mol. The molecule has 1 N–H and O–H groups in total. The summed E-state index contributed by atoms with van der Waals surface area (Å²) in [6, 6.07) is 10.7. The molecule has 0 radical (unpaired) electrons. The number of aryl methyl sites for hydroxylation is 3. The largest absolute Gasteiger partial charge is 0.382 e. The van der Waals surface area contributed by atoms with Crippen molar-refractivity contribution in [3.8, 4) is 11.4 Å². The first-order valence-corrected chi connectivity index (χ1v) is 14.6. The van der Waals surface area contributed by atoms with E-state index in [9.17, 15) is 0 Å². The maximum absolute atomic E-state index is 5.49. The molecule has 3 atom stereocenters. The van der Waals surface area contributed by atoms with Crippen LogP contribution in [0.15, 0.2) is 53.6 Å². The summed E-state index contributed by atoms with van der Waals surface area (Å²) in [6.45, 7) is 11.0. The molecular formula is C32H41N7O. The fourth-order valence-electron chi connectivity index (χ4n) is 5.95. The number of ether oxygens (including phenoxy) is 1. The number of pyridine rings is 1. The fraction of sp³-hybridized carbons (Fsp3) is 0.469. The number of fused-ring (bicyclic) bond motifs is 1. The van der Waals surface area contributed by atoms with Crippen LogP contribution in [0.1, 0.15) is 88.0 Å². The summed E-state index contributed by atoms with van der Waals surface area (Å²) >= 11 is 0. The van der Waals surface area contributed by atoms with Gasteiger partial charge in [-0.05, 0) is 73.9 Å². The zero-order valence-corrected chi connectivity index (χ0v) is 24.6. The van der Waals surface area contributed by atoms with E-state index in [-0.39, 0.29) is 18.1 Å². The molecular weight excluding hydrogens is 498 g/mol. The minimum absolute atomic E-state index is 0.182. The molecule has 1 aromatic carbocycles. The third-order valence-corrected chi connectivity index (χ3v) is 8.32. The Morgan fingerprint density at radius 3 is 2.70 bits per heavy atom. The first kappa shape index (κ1) is 27.9. The highest BCUT2D eigenvalue weighted by atomic mass is 16.5. The quantitative estimate of drug-likeness (QED) is 0.224. The lowest BCUT2D eigenvalue weighted by Crippen LogP contribution is -2.13. The highest BCUT2D eigenvalue weighted by Crippen LogP contribution is 2.41. The van der Waals surface area contributed by atoms with Crippen molar-refractivity contribution in [1.29, 1.82) is 0 Å². The average Bonchev–Trinajstić information content (AvgIpc) is 3.73. The van der Waals surface area contributed by atoms with Gasteiger partial charge in [-0.1, -0.05) is 62.8 Å². The molecule has 1 aliphatic rings. The molecule has 1 aliphatic carbocycles. The Balaban J connectivity index is 1.51. The third kappa shape index (κ3) is 5.50. The number of benzene rings is 1. The number of aromatic nitrogens is 7. The zero-order valence-electron chi connectivity index (χ0n) is 24.6. The predicted molar refractivity (Wildman–Crippen MR) is 159 cm³/mol. The van der Waals surface area contributed by atoms with E-state index in [0.29, 0.717) is 5.82 Å². The molecule has 40 heavy (non-hydrogen) atoms. The topological polar surface area (TPSA) is 94.4 Å². The molecule has 1 unspecified atom stereocenters. The van der Waals surface area contributed by atoms with Crippen LogP contribution in [0.25, 0.3) is 22.6 Å². The van der Waals surface area contributed by atoms with Gasteiger partial charge in [0, 0.05) is 30.7 Å². The number of rotatable bonds is 11. The maximum Gasteiger partial charge on any atom is 0.204 e. The number of hydrogen-bond acceptors (Lipinski definition) is 6. The van der Waals surface area contributed by atoms with Crippen molar-refractivity contribution in [3.05, 3.63) is 76.3 Å². The Morgan fingerprint density at radius 1 is 1.15 bits per heavy atom. The highest BCUT2D eigenvalue weighted by molar-refractivity contribution is 5.76. The van der Waals surface area contributed by atoms with E-state index in [4.69, 9.17) is 14.7 Å². The third-order valence-electron chi connectivity index (χ3n) is 8.32. The van der Waals surface area contributed by atoms with E-state index in [1.165, 1.54) is 22.3 Å². The Kier molecular flexibility index (Phi) is 8.54. The van der Waals surface area contributed by atoms with Crippen molar-refractivity contribution >= 4 is 11.2 Å². The molecule has 0 saturated carbocycles. The second-order valence-corrected chi connectivity index (χ2v) is 10.9. The molecule has 3 heterocycles. The van der Waals surface area contributed by atoms with E-state index >= 15 is 0 Å². The summed E-state index contributed by atoms with van der Waals surface area (Å²) in [5.74, 6) is 1.91. The monoisotopic (exact) mass is 539 g/mol. The van der Waals surface area contributed by atoms with Gasteiger partial charge in [0.2, 0.25) is 5.82 Å². The molecule has 8 nitrogen and oxygen atoms in total. The second-order valence-electron chi connectivity index (χ2n) is 10.9. The highest BCUT2D eigenvalue weighted by Gasteiger charge is 2.29. The fourth-order valence-corrected chi connectivity index (χ4v) is 5.95. The standard InChI is InChI=1S/C32H41N7O/c1-7-23-15-18-28(26(23)17-13-20(3)25-11-9-10-12-27(25)31-35-37-38-36-31)39-29(8-2)34-30-21(4)19-24(33-32(30)39)16-14-22(5)40-6/h9-13,17,19-20,22,28H,7-8,14-16,18H2,1-6H3,(H,35,36,37,38)/b17-13-/t20?,22-,28-/m0/s1. The Bertz CT molecular complexity index is 1520. The van der Waals surface area contributed by atoms with Crippen molar-refractivity contribution < 1.29 is 4.74 Å². The minimum Gasteiger partial charge on any atom is -0.382 e. The molecule has 0 aliphatic heterocycles. The first-order valence-electron chi connectivity index (χ1n) is 14.6. The molecule has 0 bridgehead atoms. The molecule has 0 amide bonds. The molecule has 8 heteroatoms. The number of aromatic amines is 1. The van der Waals surface area contributed by atoms with Gasteiger partial charge in [0.05, 0.1) is 12.1 Å². The van der Waals surface area contributed by atoms with Crippen LogP contribution >= 0.6 is 0 Å². The number of tetrazole rings is 1. The first-order chi connectivity index (χ1) is 19.4. The van der Waals surface area contributed by atoms with Crippen molar-refractivity contribution in [2.75, 3.05) is 7.11 Å². The van der Waals surface area contributed by atoms with Gasteiger partial charge in [-0.15, -0.1) is 10.2 Å². The lowest BCUT2D eigenvalue weighted by molar-refractivity contribution is 0.111. The van der Waals surface area contributed by atoms with Crippen molar-refractivity contribution in [2.45, 2.75) is 91.2 Å². The molecule has 3 aromatic heterocycles. The van der Waals surface area contributed by atoms with Crippen molar-refractivity contribution in [2.24, 2.45) is 0 Å². The van der Waals surface area contributed by atoms with Crippen LogP contribution in [0.2, 0.25) is 0 Å². The lowest BCUT2D eigenvalue weighted by Gasteiger charge is -2.20. The normalized spacial score (nSPS) is 17.4. The van der Waals surface area contributed by atoms with Gasteiger partial charge in [-0.3, -0.25) is 0 Å². The number of nitrogens with one attached hydrogen (secondary N) is 1. The number of imidazole rings is 1. The SMILES string of the molecule is CCC1=C(/C=C\C(C)c2ccccc2-c2nn[nH]n2)[C@@H](n2c(CC)nc3c(C)cc(CC[C@H](C)OC)nc32)CC1. The summed E-state index contributed by atoms with van der Waals surface area (Å²) in [5, 5.41) is 14.8. The lowest BCUT2D eigenvalue weighted by atomic mass is 9.93. The van der Waals surface area contributed by atoms with E-state index in [1.54, 1.807) is 7.11 Å². The number of methoxy groups -OCH3 is 1. The van der Waals surface area contributed by atoms with Gasteiger partial charge in [0.1, 0.15) is 11.3 Å². The van der Waals surface area contributed by atoms with Gasteiger partial charge in [0.15, 0.2) is 5.65 Å². The summed E-state index contributed by atoms with van der Waals surface area (Å²) in [5.41, 5.74) is 9.45. The van der Waals surface area contributed by atoms with Crippen molar-refractivity contribution in [1.82, 2.24) is 35.2 Å². The zero-order chi connectivity index (χ0) is 28.2.